The summed E-state index contributed by atoms with van der Waals surface area (Å²) in [5, 5.41) is 14.4. The van der Waals surface area contributed by atoms with Crippen LogP contribution in [0.2, 0.25) is 0 Å². The molecule has 1 rings (SSSR count). The number of piperidine rings is 1. The quantitative estimate of drug-likeness (QED) is 0.668. The third-order valence-corrected chi connectivity index (χ3v) is 4.28. The fourth-order valence-corrected chi connectivity index (χ4v) is 2.54. The molecule has 0 aromatic heterocycles. The predicted molar refractivity (Wildman–Crippen MR) is 82.3 cm³/mol. The summed E-state index contributed by atoms with van der Waals surface area (Å²) < 4.78 is 0. The van der Waals surface area contributed by atoms with Gasteiger partial charge in [-0.3, -0.25) is 4.79 Å². The van der Waals surface area contributed by atoms with E-state index in [9.17, 15) is 9.59 Å². The maximum atomic E-state index is 11.9. The average Bonchev–Trinajstić information content (AvgIpc) is 2.40. The zero-order chi connectivity index (χ0) is 15.9. The number of nitrogens with zero attached hydrogens (tertiary/aromatic N) is 1. The number of rotatable bonds is 7. The molecule has 2 amide bonds. The monoisotopic (exact) mass is 299 g/mol. The zero-order valence-corrected chi connectivity index (χ0v) is 13.4. The number of carboxylic acids is 1. The first-order chi connectivity index (χ1) is 9.81. The van der Waals surface area contributed by atoms with Gasteiger partial charge in [0, 0.05) is 19.0 Å². The van der Waals surface area contributed by atoms with Gasteiger partial charge in [-0.25, -0.2) is 4.79 Å². The lowest BCUT2D eigenvalue weighted by Gasteiger charge is -2.38. The van der Waals surface area contributed by atoms with Crippen molar-refractivity contribution in [3.8, 4) is 0 Å². The average molecular weight is 299 g/mol. The van der Waals surface area contributed by atoms with Gasteiger partial charge in [-0.2, -0.15) is 0 Å². The van der Waals surface area contributed by atoms with Gasteiger partial charge in [0.05, 0.1) is 0 Å². The van der Waals surface area contributed by atoms with Crippen LogP contribution in [0.4, 0.5) is 4.79 Å². The highest BCUT2D eigenvalue weighted by Crippen LogP contribution is 2.29. The number of urea groups is 1. The molecule has 6 heteroatoms. The molecular formula is C15H29N3O3. The van der Waals surface area contributed by atoms with Crippen LogP contribution in [0.3, 0.4) is 0 Å². The molecule has 1 fully saturated rings. The maximum absolute atomic E-state index is 11.9. The van der Waals surface area contributed by atoms with Gasteiger partial charge >= 0.3 is 12.0 Å². The smallest absolute Gasteiger partial charge is 0.315 e. The molecule has 1 unspecified atom stereocenters. The van der Waals surface area contributed by atoms with Crippen molar-refractivity contribution in [3.63, 3.8) is 0 Å². The van der Waals surface area contributed by atoms with E-state index in [1.807, 2.05) is 6.92 Å². The summed E-state index contributed by atoms with van der Waals surface area (Å²) in [6.07, 6.45) is 3.61. The molecule has 1 saturated heterocycles. The lowest BCUT2D eigenvalue weighted by Crippen LogP contribution is -2.47. The van der Waals surface area contributed by atoms with Crippen LogP contribution < -0.4 is 10.6 Å². The molecule has 0 radical (unpaired) electrons. The van der Waals surface area contributed by atoms with Gasteiger partial charge < -0.3 is 20.6 Å². The molecule has 0 aromatic carbocycles. The molecule has 1 heterocycles. The molecule has 122 valence electrons. The van der Waals surface area contributed by atoms with Gasteiger partial charge in [-0.05, 0) is 58.2 Å². The van der Waals surface area contributed by atoms with E-state index in [0.717, 1.165) is 25.9 Å². The number of hydrogen-bond acceptors (Lipinski definition) is 3. The number of aliphatic carboxylic acids is 1. The van der Waals surface area contributed by atoms with E-state index in [4.69, 9.17) is 5.11 Å². The Bertz CT molecular complexity index is 352. The Morgan fingerprint density at radius 2 is 1.95 bits per heavy atom. The predicted octanol–water partition coefficient (Wildman–Crippen LogP) is 1.66. The van der Waals surface area contributed by atoms with Crippen LogP contribution in [0.1, 0.15) is 46.0 Å². The van der Waals surface area contributed by atoms with Crippen LogP contribution in [-0.2, 0) is 4.79 Å². The van der Waals surface area contributed by atoms with E-state index < -0.39 is 5.97 Å². The number of hydrogen-bond donors (Lipinski definition) is 3. The second kappa shape index (κ2) is 8.22. The summed E-state index contributed by atoms with van der Waals surface area (Å²) in [5.74, 6) is -0.790. The minimum atomic E-state index is -0.790. The van der Waals surface area contributed by atoms with Crippen LogP contribution >= 0.6 is 0 Å². The second-order valence-electron chi connectivity index (χ2n) is 6.63. The first-order valence-electron chi connectivity index (χ1n) is 7.75. The highest BCUT2D eigenvalue weighted by molar-refractivity contribution is 5.74. The van der Waals surface area contributed by atoms with Crippen LogP contribution in [0.25, 0.3) is 0 Å². The van der Waals surface area contributed by atoms with Crippen molar-refractivity contribution in [2.45, 2.75) is 52.0 Å². The van der Waals surface area contributed by atoms with Gasteiger partial charge in [0.15, 0.2) is 0 Å². The molecule has 6 nitrogen and oxygen atoms in total. The maximum Gasteiger partial charge on any atom is 0.315 e. The van der Waals surface area contributed by atoms with Crippen molar-refractivity contribution in [1.82, 2.24) is 15.5 Å². The highest BCUT2D eigenvalue weighted by Gasteiger charge is 2.29. The summed E-state index contributed by atoms with van der Waals surface area (Å²) in [6.45, 7) is 6.96. The van der Waals surface area contributed by atoms with E-state index in [1.165, 1.54) is 0 Å². The topological polar surface area (TPSA) is 81.7 Å². The molecule has 0 aromatic rings. The Labute approximate surface area is 127 Å². The van der Waals surface area contributed by atoms with Gasteiger partial charge in [0.1, 0.15) is 0 Å². The Balaban J connectivity index is 2.19. The van der Waals surface area contributed by atoms with Crippen LogP contribution in [0.15, 0.2) is 0 Å². The van der Waals surface area contributed by atoms with Crippen molar-refractivity contribution in [1.29, 1.82) is 0 Å². The number of carbonyl (C=O) groups excluding carboxylic acids is 1. The molecule has 1 aliphatic rings. The van der Waals surface area contributed by atoms with Crippen molar-refractivity contribution in [2.24, 2.45) is 5.41 Å². The van der Waals surface area contributed by atoms with E-state index in [-0.39, 0.29) is 23.9 Å². The molecular weight excluding hydrogens is 270 g/mol. The minimum absolute atomic E-state index is 0.00496. The zero-order valence-electron chi connectivity index (χ0n) is 13.4. The van der Waals surface area contributed by atoms with Gasteiger partial charge in [-0.1, -0.05) is 6.92 Å². The number of carbonyl (C=O) groups is 2. The number of carboxylic acid groups (broad SMARTS) is 1. The van der Waals surface area contributed by atoms with Gasteiger partial charge in [0.2, 0.25) is 0 Å². The normalized spacial score (nSPS) is 19.8. The van der Waals surface area contributed by atoms with Crippen molar-refractivity contribution in [3.05, 3.63) is 0 Å². The Hall–Kier alpha value is -1.30. The molecule has 1 atom stereocenters. The van der Waals surface area contributed by atoms with Crippen molar-refractivity contribution < 1.29 is 14.7 Å². The second-order valence-corrected chi connectivity index (χ2v) is 6.63. The van der Waals surface area contributed by atoms with Crippen LogP contribution in [0, 0.1) is 5.41 Å². The summed E-state index contributed by atoms with van der Waals surface area (Å²) >= 11 is 0. The largest absolute Gasteiger partial charge is 0.481 e. The molecule has 21 heavy (non-hydrogen) atoms. The lowest BCUT2D eigenvalue weighted by atomic mass is 9.80. The molecule has 0 spiro atoms. The van der Waals surface area contributed by atoms with Crippen LogP contribution in [-0.4, -0.2) is 54.7 Å². The number of nitrogens with one attached hydrogen (secondary N) is 2. The number of amides is 2. The highest BCUT2D eigenvalue weighted by atomic mass is 16.4. The molecule has 3 N–H and O–H groups in total. The molecule has 0 aliphatic carbocycles. The van der Waals surface area contributed by atoms with Gasteiger partial charge in [0.25, 0.3) is 0 Å². The Kier molecular flexibility index (Phi) is 6.95. The van der Waals surface area contributed by atoms with E-state index in [0.29, 0.717) is 19.4 Å². The summed E-state index contributed by atoms with van der Waals surface area (Å²) in [6, 6.07) is -0.160. The first-order valence-corrected chi connectivity index (χ1v) is 7.75. The minimum Gasteiger partial charge on any atom is -0.481 e. The SMILES string of the molecule is CC(CCCC(=O)O)NC(=O)NCC1(C)CCN(C)CC1. The number of likely N-dealkylation sites (tertiary alicyclic amines) is 1. The van der Waals surface area contributed by atoms with Crippen molar-refractivity contribution >= 4 is 12.0 Å². The molecule has 0 bridgehead atoms. The third kappa shape index (κ3) is 7.32. The van der Waals surface area contributed by atoms with Crippen molar-refractivity contribution in [2.75, 3.05) is 26.7 Å². The Morgan fingerprint density at radius 1 is 1.33 bits per heavy atom. The summed E-state index contributed by atoms with van der Waals surface area (Å²) in [7, 11) is 2.12. The van der Waals surface area contributed by atoms with Crippen LogP contribution in [0.5, 0.6) is 0 Å². The molecule has 1 aliphatic heterocycles. The van der Waals surface area contributed by atoms with E-state index >= 15 is 0 Å². The third-order valence-electron chi connectivity index (χ3n) is 4.28. The fraction of sp³-hybridized carbons (Fsp3) is 0.867. The lowest BCUT2D eigenvalue weighted by molar-refractivity contribution is -0.137. The summed E-state index contributed by atoms with van der Waals surface area (Å²) in [5.41, 5.74) is 0.177. The molecule has 0 saturated carbocycles. The standard InChI is InChI=1S/C15H29N3O3/c1-12(5-4-6-13(19)20)17-14(21)16-11-15(2)7-9-18(3)10-8-15/h12H,4-11H2,1-3H3,(H,19,20)(H2,16,17,21). The first kappa shape index (κ1) is 17.8. The summed E-state index contributed by atoms with van der Waals surface area (Å²) in [4.78, 5) is 24.6. The fourth-order valence-electron chi connectivity index (χ4n) is 2.54. The van der Waals surface area contributed by atoms with Gasteiger partial charge in [-0.15, -0.1) is 0 Å². The van der Waals surface area contributed by atoms with E-state index in [2.05, 4.69) is 29.5 Å². The Morgan fingerprint density at radius 3 is 2.52 bits per heavy atom. The van der Waals surface area contributed by atoms with E-state index in [1.54, 1.807) is 0 Å².